The number of rotatable bonds is 5. The zero-order valence-electron chi connectivity index (χ0n) is 21.9. The topological polar surface area (TPSA) is 63.3 Å². The van der Waals surface area contributed by atoms with Gasteiger partial charge in [0.1, 0.15) is 5.52 Å². The predicted molar refractivity (Wildman–Crippen MR) is 138 cm³/mol. The Bertz CT molecular complexity index is 1110. The Labute approximate surface area is 210 Å². The van der Waals surface area contributed by atoms with Gasteiger partial charge in [-0.2, -0.15) is 0 Å². The molecule has 190 valence electrons. The van der Waals surface area contributed by atoms with Crippen molar-refractivity contribution >= 4 is 17.1 Å². The summed E-state index contributed by atoms with van der Waals surface area (Å²) in [6, 6.07) is 5.19. The third kappa shape index (κ3) is 3.60. The van der Waals surface area contributed by atoms with Crippen LogP contribution in [0.3, 0.4) is 0 Å². The smallest absolute Gasteiger partial charge is 0.338 e. The van der Waals surface area contributed by atoms with Crippen LogP contribution in [0, 0.1) is 46.3 Å². The number of aryl methyl sites for hydroxylation is 1. The lowest BCUT2D eigenvalue weighted by atomic mass is 9.42. The van der Waals surface area contributed by atoms with Crippen molar-refractivity contribution in [1.29, 1.82) is 0 Å². The van der Waals surface area contributed by atoms with Crippen LogP contribution in [0.25, 0.3) is 11.1 Å². The fourth-order valence-corrected chi connectivity index (χ4v) is 10.2. The van der Waals surface area contributed by atoms with Gasteiger partial charge in [-0.3, -0.25) is 0 Å². The van der Waals surface area contributed by atoms with Gasteiger partial charge < -0.3 is 9.52 Å². The average Bonchev–Trinajstić information content (AvgIpc) is 3.41. The van der Waals surface area contributed by atoms with Crippen molar-refractivity contribution in [2.24, 2.45) is 46.3 Å². The number of fused-ring (bicyclic) bond motifs is 6. The summed E-state index contributed by atoms with van der Waals surface area (Å²) in [4.78, 5) is 16.2. The van der Waals surface area contributed by atoms with E-state index in [0.717, 1.165) is 48.3 Å². The fraction of sp³-hybridized carbons (Fsp3) is 0.742. The number of carboxylic acid groups (broad SMARTS) is 1. The second kappa shape index (κ2) is 8.63. The van der Waals surface area contributed by atoms with Gasteiger partial charge in [0, 0.05) is 6.42 Å². The SMILES string of the molecule is CC[C@H]1CC2C3CCC(CCc4nc5c(C(=O)O)cccc5o4)C3(C)CC[C@@H]2C2(C)CCCCC12. The molecule has 2 aromatic rings. The van der Waals surface area contributed by atoms with Crippen molar-refractivity contribution in [3.63, 3.8) is 0 Å². The number of benzene rings is 1. The molecule has 6 rings (SSSR count). The lowest BCUT2D eigenvalue weighted by Crippen LogP contribution is -2.55. The summed E-state index contributed by atoms with van der Waals surface area (Å²) >= 11 is 0. The molecule has 4 aliphatic rings. The lowest BCUT2D eigenvalue weighted by molar-refractivity contribution is -0.135. The third-order valence-electron chi connectivity index (χ3n) is 11.9. The van der Waals surface area contributed by atoms with E-state index in [0.29, 0.717) is 27.8 Å². The number of para-hydroxylation sites is 1. The summed E-state index contributed by atoms with van der Waals surface area (Å²) in [7, 11) is 0. The Kier molecular flexibility index (Phi) is 5.81. The van der Waals surface area contributed by atoms with Gasteiger partial charge in [-0.05, 0) is 110 Å². The molecule has 0 saturated heterocycles. The van der Waals surface area contributed by atoms with Crippen LogP contribution in [0.1, 0.15) is 108 Å². The fourth-order valence-electron chi connectivity index (χ4n) is 10.2. The molecule has 4 fully saturated rings. The van der Waals surface area contributed by atoms with E-state index in [2.05, 4.69) is 25.8 Å². The van der Waals surface area contributed by atoms with Crippen LogP contribution >= 0.6 is 0 Å². The molecule has 1 aromatic carbocycles. The molecule has 8 atom stereocenters. The summed E-state index contributed by atoms with van der Waals surface area (Å²) in [6.07, 6.45) is 16.2. The highest BCUT2D eigenvalue weighted by atomic mass is 16.4. The van der Waals surface area contributed by atoms with Crippen molar-refractivity contribution in [2.75, 3.05) is 0 Å². The van der Waals surface area contributed by atoms with Crippen LogP contribution in [0.2, 0.25) is 0 Å². The molecule has 4 nitrogen and oxygen atoms in total. The molecule has 4 saturated carbocycles. The molecule has 0 aliphatic heterocycles. The highest BCUT2D eigenvalue weighted by molar-refractivity contribution is 6.00. The van der Waals surface area contributed by atoms with Crippen LogP contribution in [0.4, 0.5) is 0 Å². The maximum absolute atomic E-state index is 11.6. The van der Waals surface area contributed by atoms with E-state index in [9.17, 15) is 9.90 Å². The molecule has 1 aromatic heterocycles. The quantitative estimate of drug-likeness (QED) is 0.472. The molecule has 0 bridgehead atoms. The molecule has 6 unspecified atom stereocenters. The highest BCUT2D eigenvalue weighted by Gasteiger charge is 2.61. The minimum absolute atomic E-state index is 0.237. The van der Waals surface area contributed by atoms with Gasteiger partial charge in [0.05, 0.1) is 5.56 Å². The predicted octanol–water partition coefficient (Wildman–Crippen LogP) is 8.14. The summed E-state index contributed by atoms with van der Waals surface area (Å²) in [6.45, 7) is 7.77. The molecular formula is C31H43NO3. The van der Waals surface area contributed by atoms with Gasteiger partial charge in [0.15, 0.2) is 11.5 Å². The largest absolute Gasteiger partial charge is 0.478 e. The van der Waals surface area contributed by atoms with Crippen molar-refractivity contribution in [3.8, 4) is 0 Å². The number of hydrogen-bond donors (Lipinski definition) is 1. The first kappa shape index (κ1) is 23.6. The lowest BCUT2D eigenvalue weighted by Gasteiger charge is -2.62. The van der Waals surface area contributed by atoms with Crippen LogP contribution in [0.15, 0.2) is 22.6 Å². The van der Waals surface area contributed by atoms with Gasteiger partial charge in [-0.25, -0.2) is 9.78 Å². The normalized spacial score (nSPS) is 40.8. The first-order valence-corrected chi connectivity index (χ1v) is 14.5. The number of hydrogen-bond acceptors (Lipinski definition) is 3. The highest BCUT2D eigenvalue weighted by Crippen LogP contribution is 2.69. The average molecular weight is 478 g/mol. The molecule has 0 spiro atoms. The minimum Gasteiger partial charge on any atom is -0.478 e. The molecule has 4 aliphatic carbocycles. The van der Waals surface area contributed by atoms with E-state index in [-0.39, 0.29) is 5.56 Å². The first-order chi connectivity index (χ1) is 16.8. The minimum atomic E-state index is -0.940. The molecular weight excluding hydrogens is 434 g/mol. The monoisotopic (exact) mass is 477 g/mol. The molecule has 0 radical (unpaired) electrons. The van der Waals surface area contributed by atoms with Gasteiger partial charge in [-0.1, -0.05) is 46.1 Å². The van der Waals surface area contributed by atoms with Crippen LogP contribution in [-0.2, 0) is 6.42 Å². The summed E-state index contributed by atoms with van der Waals surface area (Å²) in [5, 5.41) is 9.50. The zero-order valence-corrected chi connectivity index (χ0v) is 21.9. The first-order valence-electron chi connectivity index (χ1n) is 14.5. The van der Waals surface area contributed by atoms with Crippen molar-refractivity contribution in [3.05, 3.63) is 29.7 Å². The molecule has 4 heteroatoms. The standard InChI is InChI=1S/C31H43NO3/c1-4-19-18-22-24-13-11-20(12-14-27-32-28-21(29(33)34)8-7-10-26(28)35-27)30(24,2)17-15-25(22)31(3)16-6-5-9-23(19)31/h7-8,10,19-20,22-25H,4-6,9,11-18H2,1-3H3,(H,33,34)/t19-,20?,22?,23?,24?,25-,30?,31?/m0/s1. The van der Waals surface area contributed by atoms with Gasteiger partial charge in [0.25, 0.3) is 0 Å². The molecule has 1 heterocycles. The summed E-state index contributed by atoms with van der Waals surface area (Å²) in [5.74, 6) is 5.14. The molecule has 0 amide bonds. The van der Waals surface area contributed by atoms with Gasteiger partial charge in [-0.15, -0.1) is 0 Å². The van der Waals surface area contributed by atoms with E-state index >= 15 is 0 Å². The van der Waals surface area contributed by atoms with Crippen LogP contribution in [0.5, 0.6) is 0 Å². The molecule has 1 N–H and O–H groups in total. The zero-order chi connectivity index (χ0) is 24.4. The third-order valence-corrected chi connectivity index (χ3v) is 11.9. The van der Waals surface area contributed by atoms with Crippen molar-refractivity contribution in [2.45, 2.75) is 97.8 Å². The number of aromatic carboxylic acids is 1. The number of carbonyl (C=O) groups is 1. The maximum Gasteiger partial charge on any atom is 0.338 e. The van der Waals surface area contributed by atoms with E-state index in [1.165, 1.54) is 64.2 Å². The molecule has 35 heavy (non-hydrogen) atoms. The summed E-state index contributed by atoms with van der Waals surface area (Å²) in [5.41, 5.74) is 2.35. The van der Waals surface area contributed by atoms with E-state index in [1.807, 2.05) is 6.07 Å². The number of carboxylic acids is 1. The number of nitrogens with zero attached hydrogens (tertiary/aromatic N) is 1. The van der Waals surface area contributed by atoms with Gasteiger partial charge in [0.2, 0.25) is 0 Å². The number of oxazole rings is 1. The second-order valence-electron chi connectivity index (χ2n) is 13.1. The Morgan fingerprint density at radius 3 is 2.69 bits per heavy atom. The van der Waals surface area contributed by atoms with Crippen LogP contribution < -0.4 is 0 Å². The second-order valence-corrected chi connectivity index (χ2v) is 13.1. The maximum atomic E-state index is 11.6. The van der Waals surface area contributed by atoms with Crippen molar-refractivity contribution in [1.82, 2.24) is 4.98 Å². The van der Waals surface area contributed by atoms with E-state index < -0.39 is 5.97 Å². The number of aromatic nitrogens is 1. The van der Waals surface area contributed by atoms with E-state index in [4.69, 9.17) is 4.42 Å². The van der Waals surface area contributed by atoms with Gasteiger partial charge >= 0.3 is 5.97 Å². The van der Waals surface area contributed by atoms with E-state index in [1.54, 1.807) is 12.1 Å². The Morgan fingerprint density at radius 2 is 1.89 bits per heavy atom. The Morgan fingerprint density at radius 1 is 1.06 bits per heavy atom. The van der Waals surface area contributed by atoms with Crippen molar-refractivity contribution < 1.29 is 14.3 Å². The Balaban J connectivity index is 1.20. The van der Waals surface area contributed by atoms with Crippen LogP contribution in [-0.4, -0.2) is 16.1 Å². The Hall–Kier alpha value is -1.84. The summed E-state index contributed by atoms with van der Waals surface area (Å²) < 4.78 is 6.00.